The number of nitrogens with zero attached hydrogens (tertiary/aromatic N) is 5. The molecule has 0 aromatic carbocycles. The fourth-order valence-electron chi connectivity index (χ4n) is 3.92. The van der Waals surface area contributed by atoms with Crippen LogP contribution in [0.25, 0.3) is 16.0 Å². The molecule has 0 radical (unpaired) electrons. The van der Waals surface area contributed by atoms with Gasteiger partial charge in [0, 0.05) is 6.66 Å². The molecule has 1 saturated heterocycles. The molecular formula is C21H31FN7O5P. The number of hydrogen-bond donors (Lipinski definition) is 2. The molecule has 14 heteroatoms. The van der Waals surface area contributed by atoms with Crippen LogP contribution in [0.5, 0.6) is 0 Å². The lowest BCUT2D eigenvalue weighted by molar-refractivity contribution is -0.149. The van der Waals surface area contributed by atoms with Crippen molar-refractivity contribution in [2.75, 3.05) is 25.6 Å². The summed E-state index contributed by atoms with van der Waals surface area (Å²) in [6.45, 7) is 16.3. The summed E-state index contributed by atoms with van der Waals surface area (Å²) >= 11 is 0. The van der Waals surface area contributed by atoms with Crippen molar-refractivity contribution in [1.29, 1.82) is 0 Å². The van der Waals surface area contributed by atoms with Crippen molar-refractivity contribution in [2.24, 2.45) is 5.41 Å². The van der Waals surface area contributed by atoms with E-state index in [0.29, 0.717) is 17.0 Å². The molecule has 2 unspecified atom stereocenters. The second-order valence-electron chi connectivity index (χ2n) is 9.20. The SMILES string of the molecule is [C-]#[N+]C[C@]1(C)C(F)[C@H](n2cnc3c(N)nc(C)nc32)O[C@@H]1COP(C)(=O)N[C@@H](C)C(=O)OC(C)C. The average Bonchev–Trinajstić information content (AvgIpc) is 3.26. The number of rotatable bonds is 9. The van der Waals surface area contributed by atoms with E-state index >= 15 is 4.39 Å². The summed E-state index contributed by atoms with van der Waals surface area (Å²) in [5.74, 6) is -0.0308. The quantitative estimate of drug-likeness (QED) is 0.292. The van der Waals surface area contributed by atoms with Gasteiger partial charge in [0.05, 0.1) is 25.1 Å². The highest BCUT2D eigenvalue weighted by molar-refractivity contribution is 7.56. The largest absolute Gasteiger partial charge is 0.462 e. The number of nitrogen functional groups attached to an aromatic ring is 1. The van der Waals surface area contributed by atoms with E-state index in [2.05, 4.69) is 24.9 Å². The third-order valence-corrected chi connectivity index (χ3v) is 7.28. The molecule has 3 N–H and O–H groups in total. The highest BCUT2D eigenvalue weighted by Crippen LogP contribution is 2.49. The molecule has 0 aliphatic carbocycles. The number of fused-ring (bicyclic) bond motifs is 1. The molecule has 0 amide bonds. The Balaban J connectivity index is 1.80. The van der Waals surface area contributed by atoms with Gasteiger partial charge in [-0.1, -0.05) is 0 Å². The van der Waals surface area contributed by atoms with Crippen molar-refractivity contribution < 1.29 is 27.7 Å². The van der Waals surface area contributed by atoms with Gasteiger partial charge in [0.15, 0.2) is 23.9 Å². The van der Waals surface area contributed by atoms with Gasteiger partial charge in [-0.15, -0.1) is 0 Å². The molecule has 1 fully saturated rings. The summed E-state index contributed by atoms with van der Waals surface area (Å²) in [5.41, 5.74) is 5.25. The number of ether oxygens (including phenoxy) is 2. The van der Waals surface area contributed by atoms with Gasteiger partial charge in [-0.3, -0.25) is 13.9 Å². The van der Waals surface area contributed by atoms with Gasteiger partial charge >= 0.3 is 5.97 Å². The molecule has 1 aliphatic rings. The number of halogens is 1. The van der Waals surface area contributed by atoms with Gasteiger partial charge in [0.1, 0.15) is 22.8 Å². The summed E-state index contributed by atoms with van der Waals surface area (Å²) in [5, 5.41) is 2.63. The van der Waals surface area contributed by atoms with Gasteiger partial charge < -0.3 is 24.6 Å². The molecule has 1 aliphatic heterocycles. The van der Waals surface area contributed by atoms with Crippen molar-refractivity contribution in [1.82, 2.24) is 24.6 Å². The smallest absolute Gasteiger partial charge is 0.323 e. The second kappa shape index (κ2) is 10.1. The summed E-state index contributed by atoms with van der Waals surface area (Å²) in [6.07, 6.45) is -2.70. The molecule has 3 rings (SSSR count). The first kappa shape index (κ1) is 26.9. The number of carbonyl (C=O) groups is 1. The minimum absolute atomic E-state index is 0.159. The van der Waals surface area contributed by atoms with E-state index in [4.69, 9.17) is 26.3 Å². The van der Waals surface area contributed by atoms with Crippen LogP contribution in [0.4, 0.5) is 10.2 Å². The number of aryl methyl sites for hydroxylation is 1. The molecule has 0 saturated carbocycles. The first-order valence-corrected chi connectivity index (χ1v) is 13.2. The summed E-state index contributed by atoms with van der Waals surface area (Å²) in [7, 11) is -3.51. The predicted molar refractivity (Wildman–Crippen MR) is 126 cm³/mol. The van der Waals surface area contributed by atoms with Crippen LogP contribution in [0, 0.1) is 18.9 Å². The number of nitrogens with two attached hydrogens (primary N) is 1. The zero-order valence-corrected chi connectivity index (χ0v) is 21.5. The minimum atomic E-state index is -3.51. The van der Waals surface area contributed by atoms with Crippen LogP contribution in [0.15, 0.2) is 6.33 Å². The average molecular weight is 511 g/mol. The zero-order valence-electron chi connectivity index (χ0n) is 20.6. The topological polar surface area (TPSA) is 148 Å². The second-order valence-corrected chi connectivity index (χ2v) is 11.4. The fraction of sp³-hybridized carbons (Fsp3) is 0.667. The Bertz CT molecular complexity index is 1180. The van der Waals surface area contributed by atoms with Crippen molar-refractivity contribution >= 4 is 30.5 Å². The number of hydrogen-bond acceptors (Lipinski definition) is 9. The Morgan fingerprint density at radius 1 is 1.46 bits per heavy atom. The number of carbonyl (C=O) groups excluding carboxylic acids is 1. The lowest BCUT2D eigenvalue weighted by atomic mass is 9.81. The molecule has 2 aromatic heterocycles. The molecule has 0 bridgehead atoms. The predicted octanol–water partition coefficient (Wildman–Crippen LogP) is 2.65. The van der Waals surface area contributed by atoms with E-state index in [9.17, 15) is 9.36 Å². The van der Waals surface area contributed by atoms with Crippen LogP contribution in [-0.2, 0) is 23.4 Å². The monoisotopic (exact) mass is 511 g/mol. The lowest BCUT2D eigenvalue weighted by Gasteiger charge is -2.27. The number of aromatic nitrogens is 4. The maximum atomic E-state index is 15.8. The van der Waals surface area contributed by atoms with Crippen LogP contribution in [0.3, 0.4) is 0 Å². The number of esters is 1. The maximum absolute atomic E-state index is 15.8. The first-order chi connectivity index (χ1) is 16.3. The Hall–Kier alpha value is -2.65. The number of anilines is 1. The normalized spacial score (nSPS) is 27.0. The van der Waals surface area contributed by atoms with Crippen LogP contribution >= 0.6 is 7.52 Å². The van der Waals surface area contributed by atoms with E-state index in [0.717, 1.165) is 0 Å². The van der Waals surface area contributed by atoms with Gasteiger partial charge in [-0.25, -0.2) is 31.0 Å². The molecule has 0 spiro atoms. The van der Waals surface area contributed by atoms with E-state index in [-0.39, 0.29) is 25.1 Å². The van der Waals surface area contributed by atoms with Gasteiger partial charge in [0.25, 0.3) is 7.52 Å². The standard InChI is InChI=1S/C21H31FN7O5P/c1-11(2)33-20(30)12(3)28-35(7,31)32-8-14-21(5,9-24-6)16(22)19(34-14)29-10-25-15-17(23)26-13(4)27-18(15)29/h10-12,14,16,19H,8-9H2,1-5,7H3,(H,28,31)(H2,23,26,27)/t12-,14+,16?,19+,21-,35?/m0/s1. The van der Waals surface area contributed by atoms with Gasteiger partial charge in [0.2, 0.25) is 6.54 Å². The highest BCUT2D eigenvalue weighted by Gasteiger charge is 2.58. The van der Waals surface area contributed by atoms with Crippen molar-refractivity contribution in [3.8, 4) is 0 Å². The van der Waals surface area contributed by atoms with Crippen molar-refractivity contribution in [3.63, 3.8) is 0 Å². The Morgan fingerprint density at radius 2 is 2.14 bits per heavy atom. The third-order valence-electron chi connectivity index (χ3n) is 5.78. The fourth-order valence-corrected chi connectivity index (χ4v) is 5.22. The molecule has 192 valence electrons. The lowest BCUT2D eigenvalue weighted by Crippen LogP contribution is -2.41. The maximum Gasteiger partial charge on any atom is 0.323 e. The Labute approximate surface area is 203 Å². The third kappa shape index (κ3) is 5.62. The molecule has 12 nitrogen and oxygen atoms in total. The highest BCUT2D eigenvalue weighted by atomic mass is 31.2. The van der Waals surface area contributed by atoms with Crippen LogP contribution in [0.1, 0.15) is 39.7 Å². The van der Waals surface area contributed by atoms with E-state index in [1.165, 1.54) is 24.5 Å². The minimum Gasteiger partial charge on any atom is -0.462 e. The van der Waals surface area contributed by atoms with Gasteiger partial charge in [-0.2, -0.15) is 0 Å². The van der Waals surface area contributed by atoms with Crippen LogP contribution in [0.2, 0.25) is 0 Å². The molecule has 6 atom stereocenters. The molecule has 2 aromatic rings. The van der Waals surface area contributed by atoms with E-state index < -0.39 is 43.4 Å². The summed E-state index contributed by atoms with van der Waals surface area (Å²) in [6, 6.07) is -0.889. The summed E-state index contributed by atoms with van der Waals surface area (Å²) < 4.78 is 46.9. The molecular weight excluding hydrogens is 480 g/mol. The van der Waals surface area contributed by atoms with E-state index in [1.807, 2.05) is 0 Å². The zero-order chi connectivity index (χ0) is 26.1. The Kier molecular flexibility index (Phi) is 7.81. The molecule has 3 heterocycles. The summed E-state index contributed by atoms with van der Waals surface area (Å²) in [4.78, 5) is 28.0. The van der Waals surface area contributed by atoms with Crippen molar-refractivity contribution in [3.05, 3.63) is 23.6 Å². The van der Waals surface area contributed by atoms with E-state index in [1.54, 1.807) is 27.7 Å². The first-order valence-electron chi connectivity index (χ1n) is 11.1. The molecule has 35 heavy (non-hydrogen) atoms. The van der Waals surface area contributed by atoms with Crippen molar-refractivity contribution in [2.45, 2.75) is 65.3 Å². The van der Waals surface area contributed by atoms with Gasteiger partial charge in [-0.05, 0) is 34.6 Å². The Morgan fingerprint density at radius 3 is 2.77 bits per heavy atom. The number of alkyl halides is 1. The number of imidazole rings is 1. The van der Waals surface area contributed by atoms with Crippen LogP contribution in [-0.4, -0.2) is 69.7 Å². The van der Waals surface area contributed by atoms with Crippen LogP contribution < -0.4 is 10.8 Å². The number of nitrogens with one attached hydrogen (secondary N) is 1.